The molecule has 210 valence electrons. The van der Waals surface area contributed by atoms with Crippen LogP contribution in [0.2, 0.25) is 10.0 Å². The first-order chi connectivity index (χ1) is 19.1. The van der Waals surface area contributed by atoms with Gasteiger partial charge in [0.15, 0.2) is 5.96 Å². The number of benzene rings is 2. The Balaban J connectivity index is 1.27. The van der Waals surface area contributed by atoms with Crippen LogP contribution in [-0.4, -0.2) is 82.1 Å². The van der Waals surface area contributed by atoms with E-state index in [1.807, 2.05) is 12.1 Å². The first kappa shape index (κ1) is 27.8. The lowest BCUT2D eigenvalue weighted by Crippen LogP contribution is -2.51. The Labute approximate surface area is 239 Å². The van der Waals surface area contributed by atoms with Gasteiger partial charge in [-0.1, -0.05) is 29.3 Å². The van der Waals surface area contributed by atoms with Crippen LogP contribution < -0.4 is 10.6 Å². The average molecular weight is 588 g/mol. The van der Waals surface area contributed by atoms with Crippen molar-refractivity contribution in [2.45, 2.75) is 31.5 Å². The molecular weight excluding hydrogens is 561 g/mol. The molecule has 5 rings (SSSR count). The number of nitrogens with zero attached hydrogens (tertiary/aromatic N) is 2. The van der Waals surface area contributed by atoms with Crippen molar-refractivity contribution in [2.75, 3.05) is 26.2 Å². The second kappa shape index (κ2) is 11.4. The number of aliphatic hydroxyl groups excluding tert-OH is 1. The lowest BCUT2D eigenvalue weighted by Gasteiger charge is -2.30. The molecule has 2 amide bonds. The van der Waals surface area contributed by atoms with E-state index in [2.05, 4.69) is 10.6 Å². The summed E-state index contributed by atoms with van der Waals surface area (Å²) in [5.41, 5.74) is 2.42. The molecule has 40 heavy (non-hydrogen) atoms. The molecular formula is C27H27Cl2N5O6. The number of fused-ring (bicyclic) bond motifs is 2. The van der Waals surface area contributed by atoms with Crippen LogP contribution in [-0.2, 0) is 17.8 Å². The van der Waals surface area contributed by atoms with Gasteiger partial charge < -0.3 is 35.1 Å². The van der Waals surface area contributed by atoms with Crippen molar-refractivity contribution in [2.24, 2.45) is 0 Å². The van der Waals surface area contributed by atoms with Gasteiger partial charge >= 0.3 is 5.97 Å². The molecule has 0 saturated carbocycles. The maximum absolute atomic E-state index is 13.2. The number of halogens is 2. The summed E-state index contributed by atoms with van der Waals surface area (Å²) in [6, 6.07) is 7.29. The monoisotopic (exact) mass is 587 g/mol. The number of amides is 2. The highest BCUT2D eigenvalue weighted by molar-refractivity contribution is 6.40. The van der Waals surface area contributed by atoms with E-state index >= 15 is 0 Å². The molecule has 2 aliphatic rings. The van der Waals surface area contributed by atoms with Gasteiger partial charge in [0.1, 0.15) is 11.6 Å². The molecule has 3 heterocycles. The Morgan fingerprint density at radius 1 is 1.15 bits per heavy atom. The van der Waals surface area contributed by atoms with Crippen LogP contribution in [0.25, 0.3) is 11.0 Å². The van der Waals surface area contributed by atoms with E-state index in [9.17, 15) is 24.6 Å². The van der Waals surface area contributed by atoms with Gasteiger partial charge in [-0.25, -0.2) is 4.79 Å². The molecule has 2 aromatic carbocycles. The molecule has 0 spiro atoms. The van der Waals surface area contributed by atoms with Crippen molar-refractivity contribution in [1.29, 1.82) is 5.41 Å². The zero-order valence-corrected chi connectivity index (χ0v) is 22.8. The van der Waals surface area contributed by atoms with E-state index in [-0.39, 0.29) is 47.1 Å². The van der Waals surface area contributed by atoms with E-state index in [0.29, 0.717) is 48.2 Å². The number of carboxylic acid groups (broad SMARTS) is 1. The van der Waals surface area contributed by atoms with E-state index in [4.69, 9.17) is 33.0 Å². The lowest BCUT2D eigenvalue weighted by molar-refractivity contribution is -0.139. The maximum Gasteiger partial charge on any atom is 0.328 e. The number of carbonyl (C=O) groups excluding carboxylic acids is 2. The molecule has 11 nitrogen and oxygen atoms in total. The number of likely N-dealkylation sites (tertiary alicyclic amines) is 1. The zero-order chi connectivity index (χ0) is 28.6. The summed E-state index contributed by atoms with van der Waals surface area (Å²) in [6.07, 6.45) is 1.92. The summed E-state index contributed by atoms with van der Waals surface area (Å²) < 4.78 is 5.41. The molecule has 1 saturated heterocycles. The molecule has 3 aromatic rings. The molecule has 0 bridgehead atoms. The molecule has 13 heteroatoms. The van der Waals surface area contributed by atoms with Crippen LogP contribution in [0.3, 0.4) is 0 Å². The fraction of sp³-hybridized carbons (Fsp3) is 0.333. The standard InChI is InChI=1S/C27H27Cl2N5O6/c28-19-9-16-12-33(25(37)15-2-1-14-5-8-40-21(14)10-15)7-4-18(16)23(29)22(19)24(36)32-20(26(38)39)11-31-27(30)34-6-3-17(35)13-34/h1-2,5,8-10,17,20,35H,3-4,6-7,11-13H2,(H2,30,31)(H,32,36)(H,38,39)/t17-,20-/m0/s1. The smallest absolute Gasteiger partial charge is 0.328 e. The quantitative estimate of drug-likeness (QED) is 0.217. The Kier molecular flexibility index (Phi) is 7.88. The minimum atomic E-state index is -1.37. The Bertz CT molecular complexity index is 1510. The van der Waals surface area contributed by atoms with Crippen molar-refractivity contribution in [3.63, 3.8) is 0 Å². The lowest BCUT2D eigenvalue weighted by atomic mass is 9.96. The third kappa shape index (κ3) is 5.58. The van der Waals surface area contributed by atoms with E-state index < -0.39 is 24.0 Å². The van der Waals surface area contributed by atoms with Crippen LogP contribution in [0.5, 0.6) is 0 Å². The third-order valence-corrected chi connectivity index (χ3v) is 7.89. The SMILES string of the molecule is N=C(NC[C@H](NC(=O)c1c(Cl)cc2c(c1Cl)CCN(C(=O)c1ccc3ccoc3c1)C2)C(=O)O)N1CC[C@H](O)C1. The predicted octanol–water partition coefficient (Wildman–Crippen LogP) is 2.71. The minimum Gasteiger partial charge on any atom is -0.480 e. The summed E-state index contributed by atoms with van der Waals surface area (Å²) in [4.78, 5) is 41.4. The number of hydrogen-bond donors (Lipinski definition) is 5. The van der Waals surface area contributed by atoms with Crippen molar-refractivity contribution in [3.8, 4) is 0 Å². The molecule has 0 radical (unpaired) electrons. The summed E-state index contributed by atoms with van der Waals surface area (Å²) >= 11 is 13.1. The topological polar surface area (TPSA) is 159 Å². The summed E-state index contributed by atoms with van der Waals surface area (Å²) in [5, 5.41) is 33.5. The molecule has 5 N–H and O–H groups in total. The molecule has 1 aromatic heterocycles. The number of aliphatic carboxylic acids is 1. The van der Waals surface area contributed by atoms with Gasteiger partial charge in [0.25, 0.3) is 11.8 Å². The van der Waals surface area contributed by atoms with Gasteiger partial charge in [0.05, 0.1) is 28.0 Å². The molecule has 2 atom stereocenters. The van der Waals surface area contributed by atoms with Gasteiger partial charge in [0, 0.05) is 43.7 Å². The Hall–Kier alpha value is -3.80. The third-order valence-electron chi connectivity index (χ3n) is 7.18. The first-order valence-corrected chi connectivity index (χ1v) is 13.4. The van der Waals surface area contributed by atoms with Gasteiger partial charge in [-0.15, -0.1) is 0 Å². The van der Waals surface area contributed by atoms with Crippen molar-refractivity contribution < 1.29 is 29.0 Å². The largest absolute Gasteiger partial charge is 0.480 e. The van der Waals surface area contributed by atoms with Gasteiger partial charge in [-0.2, -0.15) is 0 Å². The number of furan rings is 1. The highest BCUT2D eigenvalue weighted by Gasteiger charge is 2.30. The number of carboxylic acids is 1. The summed E-state index contributed by atoms with van der Waals surface area (Å²) in [5.74, 6) is -2.28. The second-order valence-electron chi connectivity index (χ2n) is 9.82. The summed E-state index contributed by atoms with van der Waals surface area (Å²) in [6.45, 7) is 1.09. The normalized spacial score (nSPS) is 17.4. The fourth-order valence-corrected chi connectivity index (χ4v) is 5.75. The van der Waals surface area contributed by atoms with Gasteiger partial charge in [-0.05, 0) is 48.2 Å². The highest BCUT2D eigenvalue weighted by Crippen LogP contribution is 2.35. The number of carbonyl (C=O) groups is 3. The van der Waals surface area contributed by atoms with Gasteiger partial charge in [0.2, 0.25) is 0 Å². The number of guanidine groups is 1. The molecule has 2 aliphatic heterocycles. The van der Waals surface area contributed by atoms with Crippen molar-refractivity contribution in [1.82, 2.24) is 20.4 Å². The zero-order valence-electron chi connectivity index (χ0n) is 21.2. The predicted molar refractivity (Wildman–Crippen MR) is 148 cm³/mol. The Morgan fingerprint density at radius 2 is 1.95 bits per heavy atom. The van der Waals surface area contributed by atoms with Crippen LogP contribution in [0.4, 0.5) is 0 Å². The number of β-amino-alcohol motifs (C(OH)–C–C–N with tert-alkyl or cyclic N) is 1. The first-order valence-electron chi connectivity index (χ1n) is 12.7. The number of hydrogen-bond acceptors (Lipinski definition) is 6. The Morgan fingerprint density at radius 3 is 2.67 bits per heavy atom. The van der Waals surface area contributed by atoms with Crippen molar-refractivity contribution in [3.05, 3.63) is 68.9 Å². The number of aliphatic hydroxyl groups is 1. The fourth-order valence-electron chi connectivity index (χ4n) is 4.99. The van der Waals surface area contributed by atoms with Crippen LogP contribution in [0.1, 0.15) is 38.3 Å². The number of rotatable bonds is 6. The van der Waals surface area contributed by atoms with Gasteiger partial charge in [-0.3, -0.25) is 15.0 Å². The number of nitrogens with one attached hydrogen (secondary N) is 3. The van der Waals surface area contributed by atoms with Crippen LogP contribution in [0.15, 0.2) is 41.0 Å². The molecule has 0 aliphatic carbocycles. The van der Waals surface area contributed by atoms with E-state index in [1.54, 1.807) is 34.3 Å². The van der Waals surface area contributed by atoms with E-state index in [1.165, 1.54) is 0 Å². The van der Waals surface area contributed by atoms with Crippen LogP contribution >= 0.6 is 23.2 Å². The molecule has 0 unspecified atom stereocenters. The highest BCUT2D eigenvalue weighted by atomic mass is 35.5. The van der Waals surface area contributed by atoms with E-state index in [0.717, 1.165) is 5.39 Å². The van der Waals surface area contributed by atoms with Crippen molar-refractivity contribution >= 4 is 57.9 Å². The minimum absolute atomic E-state index is 0.0310. The van der Waals surface area contributed by atoms with Crippen LogP contribution in [0, 0.1) is 5.41 Å². The average Bonchev–Trinajstić information content (AvgIpc) is 3.58. The second-order valence-corrected chi connectivity index (χ2v) is 10.6. The summed E-state index contributed by atoms with van der Waals surface area (Å²) in [7, 11) is 0. The molecule has 1 fully saturated rings. The maximum atomic E-state index is 13.2.